The van der Waals surface area contributed by atoms with Crippen molar-refractivity contribution in [2.75, 3.05) is 0 Å². The first kappa shape index (κ1) is 20.4. The van der Waals surface area contributed by atoms with Crippen molar-refractivity contribution in [2.45, 2.75) is 6.18 Å². The summed E-state index contributed by atoms with van der Waals surface area (Å²) in [6, 6.07) is 6.25. The molecule has 0 atom stereocenters. The van der Waals surface area contributed by atoms with Crippen LogP contribution in [0.2, 0.25) is 0 Å². The van der Waals surface area contributed by atoms with Crippen LogP contribution in [-0.2, 0) is 11.0 Å². The Balaban J connectivity index is 1.61. The van der Waals surface area contributed by atoms with Crippen LogP contribution >= 0.6 is 11.3 Å². The zero-order valence-electron chi connectivity index (χ0n) is 15.5. The van der Waals surface area contributed by atoms with Crippen LogP contribution in [0.4, 0.5) is 13.2 Å². The van der Waals surface area contributed by atoms with Crippen molar-refractivity contribution < 1.29 is 22.8 Å². The van der Waals surface area contributed by atoms with Crippen molar-refractivity contribution in [3.05, 3.63) is 69.9 Å². The van der Waals surface area contributed by atoms with Crippen LogP contribution < -0.4 is 5.73 Å². The smallest absolute Gasteiger partial charge is 0.366 e. The van der Waals surface area contributed by atoms with Gasteiger partial charge in [0.2, 0.25) is 11.7 Å². The van der Waals surface area contributed by atoms with Gasteiger partial charge in [-0.05, 0) is 6.08 Å². The number of fused-ring (bicyclic) bond motifs is 1. The molecule has 0 saturated heterocycles. The van der Waals surface area contributed by atoms with Gasteiger partial charge in [-0.15, -0.1) is 11.3 Å². The maximum atomic E-state index is 12.7. The van der Waals surface area contributed by atoms with E-state index in [-0.39, 0.29) is 10.4 Å². The Morgan fingerprint density at radius 2 is 1.84 bits per heavy atom. The number of nitrogens with two attached hydrogens (primary N) is 1. The van der Waals surface area contributed by atoms with E-state index in [9.17, 15) is 22.8 Å². The number of hydrogen-bond acceptors (Lipinski definition) is 6. The number of hydrogen-bond donors (Lipinski definition) is 2. The molecular formula is C20H12F3N5O2S. The molecule has 0 saturated carbocycles. The summed E-state index contributed by atoms with van der Waals surface area (Å²) in [6.07, 6.45) is 2.24. The average molecular weight is 443 g/mol. The van der Waals surface area contributed by atoms with Crippen molar-refractivity contribution in [3.8, 4) is 11.3 Å². The lowest BCUT2D eigenvalue weighted by atomic mass is 10.1. The Hall–Kier alpha value is -3.86. The first-order chi connectivity index (χ1) is 14.7. The topological polar surface area (TPSA) is 115 Å². The van der Waals surface area contributed by atoms with Gasteiger partial charge in [-0.3, -0.25) is 9.59 Å². The highest BCUT2D eigenvalue weighted by Gasteiger charge is 2.35. The van der Waals surface area contributed by atoms with Crippen LogP contribution in [0.1, 0.15) is 25.8 Å². The average Bonchev–Trinajstić information content (AvgIpc) is 3.39. The number of alkyl halides is 3. The number of nitrogens with one attached hydrogen (secondary N) is 1. The normalized spacial score (nSPS) is 12.0. The number of primary amides is 1. The third kappa shape index (κ3) is 4.21. The Labute approximate surface area is 176 Å². The van der Waals surface area contributed by atoms with Crippen molar-refractivity contribution in [1.29, 1.82) is 0 Å². The molecule has 4 rings (SSSR count). The largest absolute Gasteiger partial charge is 0.443 e. The van der Waals surface area contributed by atoms with Crippen molar-refractivity contribution in [3.63, 3.8) is 0 Å². The Morgan fingerprint density at radius 3 is 2.48 bits per heavy atom. The van der Waals surface area contributed by atoms with Crippen LogP contribution in [0.15, 0.2) is 48.9 Å². The lowest BCUT2D eigenvalue weighted by Crippen LogP contribution is -2.05. The molecule has 11 heteroatoms. The lowest BCUT2D eigenvalue weighted by molar-refractivity contribution is -0.137. The molecule has 0 unspecified atom stereocenters. The Morgan fingerprint density at radius 1 is 1.10 bits per heavy atom. The number of aromatic amines is 1. The maximum Gasteiger partial charge on any atom is 0.443 e. The predicted molar refractivity (Wildman–Crippen MR) is 108 cm³/mol. The molecule has 3 aromatic heterocycles. The molecule has 7 nitrogen and oxygen atoms in total. The van der Waals surface area contributed by atoms with Gasteiger partial charge in [0.25, 0.3) is 0 Å². The highest BCUT2D eigenvalue weighted by Crippen LogP contribution is 2.33. The molecule has 0 aliphatic rings. The zero-order chi connectivity index (χ0) is 22.2. The predicted octanol–water partition coefficient (Wildman–Crippen LogP) is 3.83. The molecule has 0 fully saturated rings. The monoisotopic (exact) mass is 443 g/mol. The van der Waals surface area contributed by atoms with E-state index in [0.29, 0.717) is 39.3 Å². The molecule has 0 spiro atoms. The number of nitrogens with zero attached hydrogens (tertiary/aromatic N) is 3. The second-order valence-corrected chi connectivity index (χ2v) is 7.40. The fourth-order valence-electron chi connectivity index (χ4n) is 2.79. The van der Waals surface area contributed by atoms with Crippen molar-refractivity contribution >= 4 is 40.3 Å². The van der Waals surface area contributed by atoms with Crippen LogP contribution in [-0.4, -0.2) is 31.6 Å². The SMILES string of the molecule is NC(=O)C=Cc1c[nH]c2ncc(-c3ccc(C(=O)c4cnc(C(F)(F)F)s4)cc3)nc12. The van der Waals surface area contributed by atoms with Crippen LogP contribution in [0.5, 0.6) is 0 Å². The minimum absolute atomic E-state index is 0.0977. The maximum absolute atomic E-state index is 12.7. The number of H-pyrrole nitrogens is 1. The number of thiazole rings is 1. The van der Waals surface area contributed by atoms with E-state index in [0.717, 1.165) is 6.20 Å². The third-order valence-corrected chi connectivity index (χ3v) is 5.29. The van der Waals surface area contributed by atoms with E-state index >= 15 is 0 Å². The van der Waals surface area contributed by atoms with E-state index in [1.807, 2.05) is 0 Å². The van der Waals surface area contributed by atoms with Gasteiger partial charge in [0, 0.05) is 35.2 Å². The lowest BCUT2D eigenvalue weighted by Gasteiger charge is -2.03. The molecule has 1 aromatic carbocycles. The summed E-state index contributed by atoms with van der Waals surface area (Å²) in [7, 11) is 0. The fraction of sp³-hybridized carbons (Fsp3) is 0.0500. The van der Waals surface area contributed by atoms with Gasteiger partial charge < -0.3 is 10.7 Å². The standard InChI is InChI=1S/C20H12F3N5O2S/c21-20(22,23)19-27-9-14(31-19)17(30)11-3-1-10(2-4-11)13-8-26-18-16(28-13)12(7-25-18)5-6-15(24)29/h1-9H,(H2,24,29)(H,25,26). The number of carbonyl (C=O) groups excluding carboxylic acids is 2. The first-order valence-electron chi connectivity index (χ1n) is 8.72. The molecule has 1 amide bonds. The summed E-state index contributed by atoms with van der Waals surface area (Å²) in [5.41, 5.74) is 8.18. The summed E-state index contributed by atoms with van der Waals surface area (Å²) < 4.78 is 38.1. The number of carbonyl (C=O) groups is 2. The number of rotatable bonds is 5. The van der Waals surface area contributed by atoms with Crippen molar-refractivity contribution in [2.24, 2.45) is 5.73 Å². The second-order valence-electron chi connectivity index (χ2n) is 6.37. The molecule has 31 heavy (non-hydrogen) atoms. The number of amides is 1. The zero-order valence-corrected chi connectivity index (χ0v) is 16.3. The summed E-state index contributed by atoms with van der Waals surface area (Å²) in [4.78, 5) is 38.4. The minimum Gasteiger partial charge on any atom is -0.366 e. The highest BCUT2D eigenvalue weighted by atomic mass is 32.1. The van der Waals surface area contributed by atoms with Gasteiger partial charge in [-0.2, -0.15) is 13.2 Å². The molecule has 4 aromatic rings. The summed E-state index contributed by atoms with van der Waals surface area (Å²) in [6.45, 7) is 0. The number of halogens is 3. The number of benzene rings is 1. The minimum atomic E-state index is -4.59. The molecule has 0 aliphatic heterocycles. The van der Waals surface area contributed by atoms with E-state index in [1.165, 1.54) is 30.5 Å². The first-order valence-corrected chi connectivity index (χ1v) is 9.54. The van der Waals surface area contributed by atoms with E-state index in [4.69, 9.17) is 5.73 Å². The van der Waals surface area contributed by atoms with Crippen LogP contribution in [0.25, 0.3) is 28.5 Å². The molecule has 3 heterocycles. The molecule has 0 aliphatic carbocycles. The molecule has 156 valence electrons. The van der Waals surface area contributed by atoms with Gasteiger partial charge >= 0.3 is 6.18 Å². The van der Waals surface area contributed by atoms with Crippen LogP contribution in [0, 0.1) is 0 Å². The molecule has 3 N–H and O–H groups in total. The van der Waals surface area contributed by atoms with Gasteiger partial charge in [-0.25, -0.2) is 15.0 Å². The fourth-order valence-corrected chi connectivity index (χ4v) is 3.54. The third-order valence-electron chi connectivity index (χ3n) is 4.25. The highest BCUT2D eigenvalue weighted by molar-refractivity contribution is 7.14. The summed E-state index contributed by atoms with van der Waals surface area (Å²) >= 11 is 0.303. The quantitative estimate of drug-likeness (QED) is 0.359. The van der Waals surface area contributed by atoms with E-state index < -0.39 is 22.9 Å². The summed E-state index contributed by atoms with van der Waals surface area (Å²) in [5, 5.41) is -1.07. The number of ketones is 1. The Bertz CT molecular complexity index is 1320. The molecule has 0 radical (unpaired) electrons. The number of aromatic nitrogens is 4. The Kier molecular flexibility index (Phi) is 5.11. The molecule has 0 bridgehead atoms. The second kappa shape index (κ2) is 7.76. The van der Waals surface area contributed by atoms with Gasteiger partial charge in [-0.1, -0.05) is 24.3 Å². The summed E-state index contributed by atoms with van der Waals surface area (Å²) in [5.74, 6) is -1.15. The van der Waals surface area contributed by atoms with Crippen molar-refractivity contribution in [1.82, 2.24) is 19.9 Å². The van der Waals surface area contributed by atoms with E-state index in [2.05, 4.69) is 19.9 Å². The van der Waals surface area contributed by atoms with Crippen LogP contribution in [0.3, 0.4) is 0 Å². The molecular weight excluding hydrogens is 431 g/mol. The van der Waals surface area contributed by atoms with Gasteiger partial charge in [0.1, 0.15) is 5.52 Å². The van der Waals surface area contributed by atoms with E-state index in [1.54, 1.807) is 18.3 Å². The van der Waals surface area contributed by atoms with Gasteiger partial charge in [0.05, 0.1) is 16.8 Å². The van der Waals surface area contributed by atoms with Gasteiger partial charge in [0.15, 0.2) is 10.7 Å².